The number of thioether (sulfide) groups is 1. The summed E-state index contributed by atoms with van der Waals surface area (Å²) in [7, 11) is 0. The molecule has 1 fully saturated rings. The van der Waals surface area contributed by atoms with Crippen LogP contribution in [0.5, 0.6) is 0 Å². The number of halogens is 1. The molecule has 10 nitrogen and oxygen atoms in total. The van der Waals surface area contributed by atoms with Crippen LogP contribution in [0.4, 0.5) is 17.1 Å². The van der Waals surface area contributed by atoms with Crippen LogP contribution in [0.2, 0.25) is 5.02 Å². The minimum Gasteiger partial charge on any atom is -0.324 e. The molecule has 1 saturated heterocycles. The van der Waals surface area contributed by atoms with E-state index in [9.17, 15) is 29.3 Å². The van der Waals surface area contributed by atoms with Crippen molar-refractivity contribution in [3.63, 3.8) is 0 Å². The first-order chi connectivity index (χ1) is 21.7. The highest BCUT2D eigenvalue weighted by atomic mass is 35.5. The number of anilines is 2. The third-order valence-corrected chi connectivity index (χ3v) is 10.8. The number of imide groups is 1. The fourth-order valence-corrected chi connectivity index (χ4v) is 8.83. The van der Waals surface area contributed by atoms with Crippen molar-refractivity contribution < 1.29 is 19.3 Å². The number of rotatable bonds is 6. The Morgan fingerprint density at radius 2 is 1.62 bits per heavy atom. The lowest BCUT2D eigenvalue weighted by Gasteiger charge is -2.30. The van der Waals surface area contributed by atoms with E-state index in [1.165, 1.54) is 28.8 Å². The van der Waals surface area contributed by atoms with E-state index in [1.807, 2.05) is 36.4 Å². The molecule has 3 atom stereocenters. The summed E-state index contributed by atoms with van der Waals surface area (Å²) in [5, 5.41) is 15.9. The normalized spacial score (nSPS) is 19.0. The predicted molar refractivity (Wildman–Crippen MR) is 173 cm³/mol. The number of fused-ring (bicyclic) bond motifs is 3. The molecule has 1 N–H and O–H groups in total. The number of benzene rings is 4. The monoisotopic (exact) mass is 656 g/mol. The number of nitrogens with zero attached hydrogens (tertiary/aromatic N) is 3. The number of hydrogen-bond acceptors (Lipinski definition) is 8. The van der Waals surface area contributed by atoms with Gasteiger partial charge in [-0.05, 0) is 41.3 Å². The highest BCUT2D eigenvalue weighted by molar-refractivity contribution is 8.00. The van der Waals surface area contributed by atoms with Crippen LogP contribution in [0, 0.1) is 16.0 Å². The quantitative estimate of drug-likeness (QED) is 0.134. The molecule has 45 heavy (non-hydrogen) atoms. The Kier molecular flexibility index (Phi) is 7.27. The highest BCUT2D eigenvalue weighted by Crippen LogP contribution is 2.54. The van der Waals surface area contributed by atoms with Crippen molar-refractivity contribution in [3.8, 4) is 0 Å². The third kappa shape index (κ3) is 5.00. The van der Waals surface area contributed by atoms with E-state index in [2.05, 4.69) is 5.32 Å². The molecule has 3 heterocycles. The molecular formula is C32H21ClN4O6S2. The van der Waals surface area contributed by atoms with E-state index in [4.69, 9.17) is 11.6 Å². The minimum atomic E-state index is -0.901. The zero-order valence-corrected chi connectivity index (χ0v) is 25.5. The SMILES string of the molecule is O=C(Cn1c2c(sc1=O)[C@@H](c1ccc(Cl)cc1)[C@@H]1C(=O)N(c3ccc([N+](=O)[O-])cc3)C(=O)[C@@H]1S2)Nc1cccc2ccccc12. The number of carbonyl (C=O) groups is 3. The van der Waals surface area contributed by atoms with Gasteiger partial charge in [0.1, 0.15) is 11.8 Å². The van der Waals surface area contributed by atoms with Crippen LogP contribution >= 0.6 is 34.7 Å². The number of hydrogen-bond donors (Lipinski definition) is 1. The van der Waals surface area contributed by atoms with Gasteiger partial charge in [0.05, 0.1) is 21.6 Å². The molecule has 0 bridgehead atoms. The zero-order valence-electron chi connectivity index (χ0n) is 23.1. The van der Waals surface area contributed by atoms with Gasteiger partial charge in [-0.15, -0.1) is 0 Å². The van der Waals surface area contributed by atoms with Crippen molar-refractivity contribution in [3.05, 3.63) is 126 Å². The third-order valence-electron chi connectivity index (χ3n) is 7.96. The van der Waals surface area contributed by atoms with Gasteiger partial charge in [0.2, 0.25) is 17.7 Å². The zero-order chi connectivity index (χ0) is 31.4. The second-order valence-corrected chi connectivity index (χ2v) is 13.1. The molecule has 1 aromatic heterocycles. The maximum Gasteiger partial charge on any atom is 0.308 e. The summed E-state index contributed by atoms with van der Waals surface area (Å²) in [6, 6.07) is 25.3. The van der Waals surface area contributed by atoms with Gasteiger partial charge in [-0.1, -0.05) is 83.2 Å². The summed E-state index contributed by atoms with van der Waals surface area (Å²) in [5.41, 5.74) is 1.35. The number of nitro benzene ring substituents is 1. The van der Waals surface area contributed by atoms with Gasteiger partial charge < -0.3 is 5.32 Å². The Morgan fingerprint density at radius 3 is 2.36 bits per heavy atom. The lowest BCUT2D eigenvalue weighted by atomic mass is 9.83. The Morgan fingerprint density at radius 1 is 0.911 bits per heavy atom. The molecule has 3 amide bonds. The number of nitrogens with one attached hydrogen (secondary N) is 1. The van der Waals surface area contributed by atoms with Crippen LogP contribution in [0.25, 0.3) is 10.8 Å². The van der Waals surface area contributed by atoms with Gasteiger partial charge in [-0.25, -0.2) is 4.90 Å². The number of aromatic nitrogens is 1. The van der Waals surface area contributed by atoms with Gasteiger partial charge in [0, 0.05) is 39.0 Å². The number of amides is 3. The highest BCUT2D eigenvalue weighted by Gasteiger charge is 2.56. The van der Waals surface area contributed by atoms with Crippen molar-refractivity contribution in [2.45, 2.75) is 22.7 Å². The van der Waals surface area contributed by atoms with Gasteiger partial charge in [-0.3, -0.25) is 33.9 Å². The van der Waals surface area contributed by atoms with E-state index < -0.39 is 39.7 Å². The number of non-ortho nitro benzene ring substituents is 1. The maximum atomic E-state index is 14.0. The average molecular weight is 657 g/mol. The van der Waals surface area contributed by atoms with Gasteiger partial charge >= 0.3 is 4.87 Å². The molecule has 0 radical (unpaired) electrons. The minimum absolute atomic E-state index is 0.170. The van der Waals surface area contributed by atoms with Gasteiger partial charge in [0.25, 0.3) is 5.69 Å². The van der Waals surface area contributed by atoms with Crippen molar-refractivity contribution in [2.24, 2.45) is 5.92 Å². The van der Waals surface area contributed by atoms with E-state index >= 15 is 0 Å². The summed E-state index contributed by atoms with van der Waals surface area (Å²) < 4.78 is 1.36. The molecule has 5 aromatic rings. The molecular weight excluding hydrogens is 636 g/mol. The molecule has 2 aliphatic rings. The number of thiazole rings is 1. The molecule has 0 spiro atoms. The fourth-order valence-electron chi connectivity index (χ4n) is 5.93. The van der Waals surface area contributed by atoms with Crippen LogP contribution in [-0.2, 0) is 20.9 Å². The van der Waals surface area contributed by atoms with Gasteiger partial charge in [-0.2, -0.15) is 0 Å². The largest absolute Gasteiger partial charge is 0.324 e. The first-order valence-corrected chi connectivity index (χ1v) is 15.8. The molecule has 2 aliphatic heterocycles. The summed E-state index contributed by atoms with van der Waals surface area (Å²) >= 11 is 8.20. The fraction of sp³-hybridized carbons (Fsp3) is 0.125. The van der Waals surface area contributed by atoms with Crippen LogP contribution in [0.1, 0.15) is 16.4 Å². The molecule has 4 aromatic carbocycles. The average Bonchev–Trinajstić information content (AvgIpc) is 3.48. The molecule has 13 heteroatoms. The molecule has 7 rings (SSSR count). The Hall–Kier alpha value is -4.78. The molecule has 0 aliphatic carbocycles. The van der Waals surface area contributed by atoms with Gasteiger partial charge in [0.15, 0.2) is 0 Å². The summed E-state index contributed by atoms with van der Waals surface area (Å²) in [4.78, 5) is 66.5. The standard InChI is InChI=1S/C32H21ClN4O6S2/c33-19-10-8-18(9-11-19)25-26-27(30(40)36(29(26)39)20-12-14-21(15-13-20)37(42)43)44-31-28(25)45-32(41)35(31)16-24(38)34-23-7-3-5-17-4-1-2-6-22(17)23/h1-15,25-27H,16H2,(H,34,38)/t25-,26-,27+/m0/s1. The lowest BCUT2D eigenvalue weighted by molar-refractivity contribution is -0.384. The summed E-state index contributed by atoms with van der Waals surface area (Å²) in [6.07, 6.45) is 0. The maximum absolute atomic E-state index is 14.0. The van der Waals surface area contributed by atoms with E-state index in [1.54, 1.807) is 30.3 Å². The number of carbonyl (C=O) groups excluding carboxylic acids is 3. The van der Waals surface area contributed by atoms with Crippen LogP contribution in [-0.4, -0.2) is 32.5 Å². The lowest BCUT2D eigenvalue weighted by Crippen LogP contribution is -2.33. The van der Waals surface area contributed by atoms with Crippen LogP contribution < -0.4 is 15.1 Å². The Bertz CT molecular complexity index is 2090. The van der Waals surface area contributed by atoms with E-state index in [0.29, 0.717) is 26.2 Å². The number of nitro groups is 1. The first-order valence-electron chi connectivity index (χ1n) is 13.8. The smallest absolute Gasteiger partial charge is 0.308 e. The summed E-state index contributed by atoms with van der Waals surface area (Å²) in [6.45, 7) is -0.292. The van der Waals surface area contributed by atoms with Crippen LogP contribution in [0.3, 0.4) is 0 Å². The predicted octanol–water partition coefficient (Wildman–Crippen LogP) is 6.06. The first kappa shape index (κ1) is 29.0. The molecule has 0 unspecified atom stereocenters. The van der Waals surface area contributed by atoms with E-state index in [0.717, 1.165) is 38.8 Å². The van der Waals surface area contributed by atoms with Crippen molar-refractivity contribution in [2.75, 3.05) is 10.2 Å². The van der Waals surface area contributed by atoms with Crippen molar-refractivity contribution in [1.29, 1.82) is 0 Å². The molecule has 0 saturated carbocycles. The summed E-state index contributed by atoms with van der Waals surface area (Å²) in [5.74, 6) is -2.91. The second kappa shape index (κ2) is 11.3. The van der Waals surface area contributed by atoms with Crippen LogP contribution in [0.15, 0.2) is 101 Å². The van der Waals surface area contributed by atoms with Crippen molar-refractivity contribution >= 4 is 80.3 Å². The van der Waals surface area contributed by atoms with E-state index in [-0.39, 0.29) is 22.8 Å². The Labute approximate surface area is 268 Å². The Balaban J connectivity index is 1.27. The second-order valence-electron chi connectivity index (χ2n) is 10.6. The van der Waals surface area contributed by atoms with Crippen molar-refractivity contribution in [1.82, 2.24) is 4.57 Å². The topological polar surface area (TPSA) is 132 Å². The molecule has 224 valence electrons.